The summed E-state index contributed by atoms with van der Waals surface area (Å²) in [7, 11) is 0. The van der Waals surface area contributed by atoms with Gasteiger partial charge >= 0.3 is 0 Å². The number of phenols is 2. The van der Waals surface area contributed by atoms with Gasteiger partial charge in [-0.15, -0.1) is 0 Å². The summed E-state index contributed by atoms with van der Waals surface area (Å²) >= 11 is 0. The lowest BCUT2D eigenvalue weighted by Crippen LogP contribution is -2.33. The molecule has 0 atom stereocenters. The van der Waals surface area contributed by atoms with Gasteiger partial charge in [0.05, 0.1) is 24.5 Å². The number of likely N-dealkylation sites (tertiary alicyclic amines) is 4. The van der Waals surface area contributed by atoms with Crippen molar-refractivity contribution in [2.24, 2.45) is 9.98 Å². The van der Waals surface area contributed by atoms with E-state index in [1.165, 1.54) is 77.0 Å². The minimum atomic E-state index is 0.103. The Balaban J connectivity index is 0.994. The summed E-state index contributed by atoms with van der Waals surface area (Å²) in [6.45, 7) is 15.7. The molecule has 4 aliphatic rings. The van der Waals surface area contributed by atoms with Crippen LogP contribution in [0, 0.1) is 0 Å². The Morgan fingerprint density at radius 3 is 0.941 bits per heavy atom. The minimum absolute atomic E-state index is 0.103. The average Bonchev–Trinajstić information content (AvgIpc) is 3.38. The Morgan fingerprint density at radius 1 is 0.368 bits per heavy atom. The van der Waals surface area contributed by atoms with Crippen LogP contribution in [0.25, 0.3) is 0 Å². The molecule has 12 nitrogen and oxygen atoms in total. The van der Waals surface area contributed by atoms with Gasteiger partial charge in [-0.2, -0.15) is 0 Å². The van der Waals surface area contributed by atoms with E-state index in [-0.39, 0.29) is 11.5 Å². The van der Waals surface area contributed by atoms with Gasteiger partial charge in [-0.05, 0) is 177 Å². The zero-order valence-corrected chi connectivity index (χ0v) is 40.5. The van der Waals surface area contributed by atoms with Crippen molar-refractivity contribution in [1.82, 2.24) is 19.6 Å². The van der Waals surface area contributed by atoms with Gasteiger partial charge in [-0.25, -0.2) is 0 Å². The van der Waals surface area contributed by atoms with E-state index in [9.17, 15) is 10.2 Å². The molecule has 0 spiro atoms. The smallest absolute Gasteiger partial charge is 0.128 e. The predicted octanol–water partition coefficient (Wildman–Crippen LogP) is 8.93. The molecule has 2 N–H and O–H groups in total. The molecule has 0 bridgehead atoms. The topological polar surface area (TPSA) is 115 Å². The van der Waals surface area contributed by atoms with E-state index < -0.39 is 0 Å². The maximum Gasteiger partial charge on any atom is 0.128 e. The first-order valence-corrected chi connectivity index (χ1v) is 25.9. The normalized spacial score (nSPS) is 18.4. The average molecular weight is 929 g/mol. The van der Waals surface area contributed by atoms with Gasteiger partial charge in [0.15, 0.2) is 0 Å². The van der Waals surface area contributed by atoms with Crippen molar-refractivity contribution in [3.8, 4) is 34.5 Å². The summed E-state index contributed by atoms with van der Waals surface area (Å²) in [5.41, 5.74) is 4.24. The number of phenolic OH excluding ortho intramolecular Hbond substituents is 2. The second-order valence-corrected chi connectivity index (χ2v) is 18.9. The molecule has 0 radical (unpaired) electrons. The van der Waals surface area contributed by atoms with Crippen molar-refractivity contribution in [1.29, 1.82) is 0 Å². The molecule has 4 aromatic carbocycles. The molecule has 0 amide bonds. The summed E-state index contributed by atoms with van der Waals surface area (Å²) in [5, 5.41) is 23.1. The lowest BCUT2D eigenvalue weighted by Gasteiger charge is -2.26. The number of hydrogen-bond acceptors (Lipinski definition) is 12. The standard InChI is InChI=1S/C56H76N6O6/c63-53-43-49(67-41-37-61-31-9-3-10-32-61)21-23-51(53)55(45-13-17-47(18-14-45)65-39-35-59-27-5-1-6-28-59)57-25-26-58-56(46-15-19-48(20-16-46)66-40-36-60-29-7-2-8-30-60)52-24-22-50(44-54(52)64)68-42-38-62-33-11-4-12-34-62/h13-24,43-44,63-64H,1-12,25-42H2. The van der Waals surface area contributed by atoms with Crippen LogP contribution in [0.4, 0.5) is 0 Å². The maximum absolute atomic E-state index is 11.5. The molecule has 4 fully saturated rings. The first-order chi connectivity index (χ1) is 33.5. The first-order valence-electron chi connectivity index (χ1n) is 25.9. The van der Waals surface area contributed by atoms with Crippen LogP contribution in [0.5, 0.6) is 34.5 Å². The Hall–Kier alpha value is -5.14. The highest BCUT2D eigenvalue weighted by Gasteiger charge is 2.18. The zero-order chi connectivity index (χ0) is 46.6. The molecule has 0 unspecified atom stereocenters. The summed E-state index contributed by atoms with van der Waals surface area (Å²) in [6.07, 6.45) is 15.2. The van der Waals surface area contributed by atoms with Crippen LogP contribution >= 0.6 is 0 Å². The number of aliphatic imine (C=N–C) groups is 2. The summed E-state index contributed by atoms with van der Waals surface area (Å²) in [4.78, 5) is 20.1. The van der Waals surface area contributed by atoms with Crippen molar-refractivity contribution in [3.05, 3.63) is 107 Å². The second kappa shape index (κ2) is 26.6. The Labute approximate surface area is 405 Å². The first kappa shape index (κ1) is 49.3. The fourth-order valence-electron chi connectivity index (χ4n) is 9.91. The van der Waals surface area contributed by atoms with E-state index in [4.69, 9.17) is 28.9 Å². The molecule has 4 heterocycles. The molecule has 68 heavy (non-hydrogen) atoms. The van der Waals surface area contributed by atoms with Crippen LogP contribution in [0.1, 0.15) is 99.3 Å². The van der Waals surface area contributed by atoms with Crippen LogP contribution in [0.2, 0.25) is 0 Å². The van der Waals surface area contributed by atoms with E-state index in [0.717, 1.165) is 101 Å². The van der Waals surface area contributed by atoms with E-state index in [2.05, 4.69) is 19.6 Å². The van der Waals surface area contributed by atoms with E-state index in [1.807, 2.05) is 72.8 Å². The van der Waals surface area contributed by atoms with Crippen LogP contribution in [-0.2, 0) is 0 Å². The fourth-order valence-corrected chi connectivity index (χ4v) is 9.91. The number of piperidine rings is 4. The highest BCUT2D eigenvalue weighted by atomic mass is 16.5. The summed E-state index contributed by atoms with van der Waals surface area (Å²) < 4.78 is 24.6. The fraction of sp³-hybridized carbons (Fsp3) is 0.536. The van der Waals surface area contributed by atoms with Crippen molar-refractivity contribution in [3.63, 3.8) is 0 Å². The van der Waals surface area contributed by atoms with E-state index >= 15 is 0 Å². The summed E-state index contributed by atoms with van der Waals surface area (Å²) in [5.74, 6) is 3.07. The predicted molar refractivity (Wildman–Crippen MR) is 273 cm³/mol. The second-order valence-electron chi connectivity index (χ2n) is 18.9. The number of hydrogen-bond donors (Lipinski definition) is 2. The van der Waals surface area contributed by atoms with Crippen LogP contribution in [0.3, 0.4) is 0 Å². The van der Waals surface area contributed by atoms with Gasteiger partial charge < -0.3 is 29.2 Å². The molecule has 0 saturated carbocycles. The Morgan fingerprint density at radius 2 is 0.647 bits per heavy atom. The van der Waals surface area contributed by atoms with Crippen molar-refractivity contribution >= 4 is 11.4 Å². The van der Waals surface area contributed by atoms with Gasteiger partial charge in [-0.3, -0.25) is 29.6 Å². The van der Waals surface area contributed by atoms with Crippen LogP contribution < -0.4 is 18.9 Å². The van der Waals surface area contributed by atoms with Gasteiger partial charge in [-0.1, -0.05) is 25.7 Å². The maximum atomic E-state index is 11.5. The van der Waals surface area contributed by atoms with Gasteiger partial charge in [0, 0.05) is 60.6 Å². The molecular formula is C56H76N6O6. The third-order valence-corrected chi connectivity index (χ3v) is 13.8. The number of nitrogens with zero attached hydrogens (tertiary/aromatic N) is 6. The monoisotopic (exact) mass is 929 g/mol. The molecule has 366 valence electrons. The lowest BCUT2D eigenvalue weighted by atomic mass is 10.0. The molecule has 0 aromatic heterocycles. The van der Waals surface area contributed by atoms with Gasteiger partial charge in [0.25, 0.3) is 0 Å². The Kier molecular flexibility index (Phi) is 19.3. The van der Waals surface area contributed by atoms with Crippen molar-refractivity contribution in [2.45, 2.75) is 77.0 Å². The SMILES string of the molecule is Oc1cc(OCCN2CCCCC2)ccc1C(=NCCN=C(c1ccc(OCCN2CCCCC2)cc1)c1ccc(OCCN2CCCCC2)cc1O)c1ccc(OCCN2CCCCC2)cc1. The number of ether oxygens (including phenoxy) is 4. The number of benzene rings is 4. The van der Waals surface area contributed by atoms with Crippen LogP contribution in [-0.4, -0.2) is 159 Å². The number of rotatable bonds is 23. The molecular weight excluding hydrogens is 853 g/mol. The molecule has 4 aliphatic heterocycles. The third-order valence-electron chi connectivity index (χ3n) is 13.8. The van der Waals surface area contributed by atoms with Crippen LogP contribution in [0.15, 0.2) is 94.9 Å². The molecule has 4 saturated heterocycles. The lowest BCUT2D eigenvalue weighted by molar-refractivity contribution is 0.183. The van der Waals surface area contributed by atoms with Gasteiger partial charge in [0.1, 0.15) is 60.9 Å². The van der Waals surface area contributed by atoms with Crippen molar-refractivity contribution in [2.75, 3.05) is 118 Å². The van der Waals surface area contributed by atoms with Crippen molar-refractivity contribution < 1.29 is 29.2 Å². The number of aromatic hydroxyl groups is 2. The third kappa shape index (κ3) is 15.2. The minimum Gasteiger partial charge on any atom is -0.507 e. The zero-order valence-electron chi connectivity index (χ0n) is 40.5. The molecule has 0 aliphatic carbocycles. The molecule has 8 rings (SSSR count). The van der Waals surface area contributed by atoms with E-state index in [0.29, 0.717) is 73.6 Å². The molecule has 4 aromatic rings. The van der Waals surface area contributed by atoms with E-state index in [1.54, 1.807) is 12.1 Å². The highest BCUT2D eigenvalue weighted by Crippen LogP contribution is 2.30. The largest absolute Gasteiger partial charge is 0.507 e. The quantitative estimate of drug-likeness (QED) is 0.0552. The molecule has 12 heteroatoms. The summed E-state index contributed by atoms with van der Waals surface area (Å²) in [6, 6.07) is 27.0. The van der Waals surface area contributed by atoms with Gasteiger partial charge in [0.2, 0.25) is 0 Å². The highest BCUT2D eigenvalue weighted by molar-refractivity contribution is 6.15. The Bertz CT molecular complexity index is 2020.